The molecule has 2 aromatic rings. The maximum absolute atomic E-state index is 11.1. The van der Waals surface area contributed by atoms with Gasteiger partial charge >= 0.3 is 5.97 Å². The van der Waals surface area contributed by atoms with Crippen LogP contribution in [0.2, 0.25) is 15.2 Å². The van der Waals surface area contributed by atoms with Gasteiger partial charge in [0.1, 0.15) is 10.2 Å². The summed E-state index contributed by atoms with van der Waals surface area (Å²) in [6.45, 7) is 0. The number of benzene rings is 1. The third-order valence-electron chi connectivity index (χ3n) is 2.16. The first-order chi connectivity index (χ1) is 8.97. The van der Waals surface area contributed by atoms with Crippen molar-refractivity contribution in [3.63, 3.8) is 0 Å². The van der Waals surface area contributed by atoms with E-state index < -0.39 is 5.97 Å². The Balaban J connectivity index is 2.45. The number of aromatic carboxylic acids is 1. The maximum atomic E-state index is 11.1. The molecule has 0 bridgehead atoms. The third kappa shape index (κ3) is 3.54. The molecule has 1 N–H and O–H groups in total. The molecule has 0 spiro atoms. The normalized spacial score (nSPS) is 10.5. The molecule has 1 heterocycles. The van der Waals surface area contributed by atoms with Crippen LogP contribution in [0.15, 0.2) is 40.3 Å². The smallest absolute Gasteiger partial charge is 0.338 e. The van der Waals surface area contributed by atoms with Crippen LogP contribution >= 0.6 is 46.6 Å². The number of hydrogen-bond acceptors (Lipinski definition) is 3. The number of halogens is 3. The van der Waals surface area contributed by atoms with Gasteiger partial charge in [0.15, 0.2) is 0 Å². The molecule has 0 aliphatic rings. The van der Waals surface area contributed by atoms with E-state index in [0.29, 0.717) is 14.9 Å². The topological polar surface area (TPSA) is 50.2 Å². The molecule has 0 amide bonds. The van der Waals surface area contributed by atoms with Gasteiger partial charge in [0.25, 0.3) is 0 Å². The van der Waals surface area contributed by atoms with Crippen molar-refractivity contribution < 1.29 is 9.90 Å². The number of carbonyl (C=O) groups is 1. The highest BCUT2D eigenvalue weighted by Gasteiger charge is 2.15. The Bertz CT molecular complexity index is 649. The van der Waals surface area contributed by atoms with Crippen molar-refractivity contribution in [2.75, 3.05) is 0 Å². The highest BCUT2D eigenvalue weighted by Crippen LogP contribution is 2.36. The summed E-state index contributed by atoms with van der Waals surface area (Å²) in [5.41, 5.74) is 0.0606. The Labute approximate surface area is 128 Å². The van der Waals surface area contributed by atoms with E-state index in [4.69, 9.17) is 39.9 Å². The lowest BCUT2D eigenvalue weighted by Gasteiger charge is -2.07. The Morgan fingerprint density at radius 1 is 1.16 bits per heavy atom. The predicted octanol–water partition coefficient (Wildman–Crippen LogP) is 4.89. The fourth-order valence-electron chi connectivity index (χ4n) is 1.32. The van der Waals surface area contributed by atoms with E-state index in [2.05, 4.69) is 4.98 Å². The zero-order valence-corrected chi connectivity index (χ0v) is 12.3. The van der Waals surface area contributed by atoms with E-state index in [1.807, 2.05) is 0 Å². The molecule has 1 aromatic heterocycles. The zero-order chi connectivity index (χ0) is 14.0. The molecular weight excluding hydrogens is 329 g/mol. The van der Waals surface area contributed by atoms with Gasteiger partial charge in [-0.3, -0.25) is 0 Å². The van der Waals surface area contributed by atoms with Gasteiger partial charge in [-0.2, -0.15) is 0 Å². The van der Waals surface area contributed by atoms with Gasteiger partial charge in [-0.15, -0.1) is 0 Å². The van der Waals surface area contributed by atoms with Gasteiger partial charge in [0, 0.05) is 9.92 Å². The van der Waals surface area contributed by atoms with E-state index in [1.54, 1.807) is 18.2 Å². The molecule has 0 aliphatic heterocycles. The van der Waals surface area contributed by atoms with Crippen molar-refractivity contribution in [3.8, 4) is 0 Å². The quantitative estimate of drug-likeness (QED) is 0.812. The monoisotopic (exact) mass is 333 g/mol. The first-order valence-corrected chi connectivity index (χ1v) is 6.95. The fraction of sp³-hybridized carbons (Fsp3) is 0. The summed E-state index contributed by atoms with van der Waals surface area (Å²) >= 11 is 18.8. The van der Waals surface area contributed by atoms with Crippen LogP contribution in [0.3, 0.4) is 0 Å². The summed E-state index contributed by atoms with van der Waals surface area (Å²) < 4.78 is 0. The van der Waals surface area contributed by atoms with Gasteiger partial charge in [0.05, 0.1) is 10.6 Å². The Hall–Kier alpha value is -0.940. The minimum absolute atomic E-state index is 0.0606. The second-order valence-corrected chi connectivity index (χ2v) is 5.73. The molecule has 0 unspecified atom stereocenters. The van der Waals surface area contributed by atoms with Crippen molar-refractivity contribution in [2.45, 2.75) is 9.92 Å². The molecule has 98 valence electrons. The van der Waals surface area contributed by atoms with E-state index in [0.717, 1.165) is 11.8 Å². The Kier molecular flexibility index (Phi) is 4.58. The number of hydrogen-bond donors (Lipinski definition) is 1. The third-order valence-corrected chi connectivity index (χ3v) is 4.11. The molecule has 2 rings (SSSR count). The van der Waals surface area contributed by atoms with Crippen molar-refractivity contribution in [1.29, 1.82) is 0 Å². The molecule has 7 heteroatoms. The molecule has 0 radical (unpaired) electrons. The van der Waals surface area contributed by atoms with Crippen molar-refractivity contribution in [1.82, 2.24) is 4.98 Å². The van der Waals surface area contributed by atoms with Gasteiger partial charge in [-0.1, -0.05) is 46.6 Å². The van der Waals surface area contributed by atoms with Gasteiger partial charge in [-0.05, 0) is 30.3 Å². The van der Waals surface area contributed by atoms with Crippen molar-refractivity contribution in [3.05, 3.63) is 51.1 Å². The molecule has 0 saturated carbocycles. The van der Waals surface area contributed by atoms with Crippen LogP contribution in [0.5, 0.6) is 0 Å². The largest absolute Gasteiger partial charge is 0.478 e. The van der Waals surface area contributed by atoms with E-state index in [9.17, 15) is 4.79 Å². The summed E-state index contributed by atoms with van der Waals surface area (Å²) in [5, 5.41) is 10.6. The lowest BCUT2D eigenvalue weighted by Crippen LogP contribution is -2.00. The molecule has 19 heavy (non-hydrogen) atoms. The molecular formula is C12H6Cl3NO2S. The highest BCUT2D eigenvalue weighted by atomic mass is 35.5. The number of carboxylic acid groups (broad SMARTS) is 1. The van der Waals surface area contributed by atoms with Gasteiger partial charge in [-0.25, -0.2) is 9.78 Å². The standard InChI is InChI=1S/C12H6Cl3NO2S/c13-6-1-3-8(14)9(5-6)19-11-7(12(17)18)2-4-10(15)16-11/h1-5H,(H,17,18). The Morgan fingerprint density at radius 3 is 2.58 bits per heavy atom. The van der Waals surface area contributed by atoms with Crippen molar-refractivity contribution >= 4 is 52.5 Å². The Morgan fingerprint density at radius 2 is 1.89 bits per heavy atom. The van der Waals surface area contributed by atoms with Gasteiger partial charge in [0.2, 0.25) is 0 Å². The molecule has 0 aliphatic carbocycles. The summed E-state index contributed by atoms with van der Waals surface area (Å²) in [7, 11) is 0. The minimum Gasteiger partial charge on any atom is -0.478 e. The highest BCUT2D eigenvalue weighted by molar-refractivity contribution is 7.99. The van der Waals surface area contributed by atoms with Crippen LogP contribution in [0, 0.1) is 0 Å². The molecule has 0 fully saturated rings. The molecule has 0 atom stereocenters. The number of carboxylic acids is 1. The van der Waals surface area contributed by atoms with Crippen molar-refractivity contribution in [2.24, 2.45) is 0 Å². The van der Waals surface area contributed by atoms with Crippen LogP contribution in [-0.2, 0) is 0 Å². The van der Waals surface area contributed by atoms with E-state index >= 15 is 0 Å². The average Bonchev–Trinajstić information content (AvgIpc) is 2.33. The summed E-state index contributed by atoms with van der Waals surface area (Å²) in [5.74, 6) is -1.08. The SMILES string of the molecule is O=C(O)c1ccc(Cl)nc1Sc1cc(Cl)ccc1Cl. The lowest BCUT2D eigenvalue weighted by atomic mass is 10.3. The maximum Gasteiger partial charge on any atom is 0.338 e. The van der Waals surface area contributed by atoms with Crippen LogP contribution in [0.1, 0.15) is 10.4 Å². The number of pyridine rings is 1. The minimum atomic E-state index is -1.08. The lowest BCUT2D eigenvalue weighted by molar-refractivity contribution is 0.0692. The first-order valence-electron chi connectivity index (χ1n) is 5.00. The van der Waals surface area contributed by atoms with E-state index in [-0.39, 0.29) is 15.7 Å². The molecule has 3 nitrogen and oxygen atoms in total. The zero-order valence-electron chi connectivity index (χ0n) is 9.23. The molecule has 1 aromatic carbocycles. The fourth-order valence-corrected chi connectivity index (χ4v) is 2.95. The summed E-state index contributed by atoms with van der Waals surface area (Å²) in [6, 6.07) is 7.75. The van der Waals surface area contributed by atoms with Crippen LogP contribution in [0.4, 0.5) is 0 Å². The predicted molar refractivity (Wildman–Crippen MR) is 76.8 cm³/mol. The first kappa shape index (κ1) is 14.5. The number of nitrogens with zero attached hydrogens (tertiary/aromatic N) is 1. The van der Waals surface area contributed by atoms with Crippen LogP contribution in [0.25, 0.3) is 0 Å². The number of rotatable bonds is 3. The van der Waals surface area contributed by atoms with Gasteiger partial charge < -0.3 is 5.11 Å². The van der Waals surface area contributed by atoms with Crippen LogP contribution < -0.4 is 0 Å². The summed E-state index contributed by atoms with van der Waals surface area (Å²) in [4.78, 5) is 15.7. The molecule has 0 saturated heterocycles. The second kappa shape index (κ2) is 6.01. The second-order valence-electron chi connectivity index (χ2n) is 3.47. The summed E-state index contributed by atoms with van der Waals surface area (Å²) in [6.07, 6.45) is 0. The van der Waals surface area contributed by atoms with E-state index in [1.165, 1.54) is 12.1 Å². The number of aromatic nitrogens is 1. The van der Waals surface area contributed by atoms with Crippen LogP contribution in [-0.4, -0.2) is 16.1 Å². The average molecular weight is 335 g/mol.